The van der Waals surface area contributed by atoms with E-state index in [1.54, 1.807) is 46.2 Å². The van der Waals surface area contributed by atoms with Crippen molar-refractivity contribution in [1.82, 2.24) is 0 Å². The molecule has 0 radical (unpaired) electrons. The average molecular weight is 527 g/mol. The molecule has 0 N–H and O–H groups in total. The minimum absolute atomic E-state index is 0.0611. The molecule has 3 aromatic rings. The molecule has 1 aliphatic heterocycles. The molecule has 0 aliphatic carbocycles. The number of rotatable bonds is 8. The van der Waals surface area contributed by atoms with E-state index < -0.39 is 0 Å². The van der Waals surface area contributed by atoms with Gasteiger partial charge in [0.2, 0.25) is 0 Å². The number of hydrogen-bond acceptors (Lipinski definition) is 9. The minimum atomic E-state index is 0.0611. The van der Waals surface area contributed by atoms with Gasteiger partial charge in [0.25, 0.3) is 0 Å². The Morgan fingerprint density at radius 2 is 1.39 bits per heavy atom. The van der Waals surface area contributed by atoms with Crippen molar-refractivity contribution in [3.63, 3.8) is 0 Å². The van der Waals surface area contributed by atoms with Crippen LogP contribution in [0, 0.1) is 34.0 Å². The molecule has 6 nitrogen and oxygen atoms in total. The molecule has 0 saturated heterocycles. The highest BCUT2D eigenvalue weighted by molar-refractivity contribution is 7.27. The predicted octanol–water partition coefficient (Wildman–Crippen LogP) is 7.13. The molecule has 1 aliphatic rings. The normalized spacial score (nSPS) is 12.8. The van der Waals surface area contributed by atoms with E-state index in [-0.39, 0.29) is 5.57 Å². The maximum absolute atomic E-state index is 9.11. The van der Waals surface area contributed by atoms with Crippen molar-refractivity contribution in [2.45, 2.75) is 0 Å². The zero-order chi connectivity index (χ0) is 25.3. The molecule has 176 valence electrons. The molecular formula is C27H18N4O2S3. The summed E-state index contributed by atoms with van der Waals surface area (Å²) in [4.78, 5) is 9.96. The number of nitriles is 3. The van der Waals surface area contributed by atoms with Gasteiger partial charge >= 0.3 is 0 Å². The number of nitrogens with zero attached hydrogens (tertiary/aromatic N) is 4. The van der Waals surface area contributed by atoms with Crippen LogP contribution in [0.25, 0.3) is 31.7 Å². The van der Waals surface area contributed by atoms with E-state index in [0.717, 1.165) is 40.8 Å². The highest BCUT2D eigenvalue weighted by Crippen LogP contribution is 2.55. The lowest BCUT2D eigenvalue weighted by Gasteiger charge is -2.16. The molecule has 9 heteroatoms. The Hall–Kier alpha value is -4.20. The van der Waals surface area contributed by atoms with Crippen molar-refractivity contribution < 1.29 is 9.47 Å². The Kier molecular flexibility index (Phi) is 8.28. The van der Waals surface area contributed by atoms with Gasteiger partial charge in [-0.3, -0.25) is 4.99 Å². The molecule has 0 saturated carbocycles. The van der Waals surface area contributed by atoms with Gasteiger partial charge in [-0.05, 0) is 55.3 Å². The zero-order valence-electron chi connectivity index (χ0n) is 18.9. The summed E-state index contributed by atoms with van der Waals surface area (Å²) in [5, 5.41) is 26.8. The van der Waals surface area contributed by atoms with E-state index in [9.17, 15) is 0 Å². The van der Waals surface area contributed by atoms with Gasteiger partial charge in [-0.15, -0.1) is 34.0 Å². The van der Waals surface area contributed by atoms with Crippen molar-refractivity contribution in [3.05, 3.63) is 69.5 Å². The van der Waals surface area contributed by atoms with Gasteiger partial charge in [0, 0.05) is 19.5 Å². The second-order valence-corrected chi connectivity index (χ2v) is 10.5. The molecule has 0 spiro atoms. The predicted molar refractivity (Wildman–Crippen MR) is 147 cm³/mol. The van der Waals surface area contributed by atoms with E-state index in [0.29, 0.717) is 25.3 Å². The third kappa shape index (κ3) is 5.71. The first-order valence-corrected chi connectivity index (χ1v) is 13.1. The summed E-state index contributed by atoms with van der Waals surface area (Å²) in [6.07, 6.45) is 10.6. The number of allylic oxidation sites excluding steroid dienone is 5. The summed E-state index contributed by atoms with van der Waals surface area (Å²) < 4.78 is 12.1. The van der Waals surface area contributed by atoms with Crippen LogP contribution in [0.1, 0.15) is 9.75 Å². The van der Waals surface area contributed by atoms with Crippen molar-refractivity contribution in [1.29, 1.82) is 15.8 Å². The van der Waals surface area contributed by atoms with E-state index in [1.807, 2.05) is 48.6 Å². The summed E-state index contributed by atoms with van der Waals surface area (Å²) in [7, 11) is 0. The first-order valence-electron chi connectivity index (χ1n) is 10.7. The molecule has 4 rings (SSSR count). The highest BCUT2D eigenvalue weighted by atomic mass is 32.1. The summed E-state index contributed by atoms with van der Waals surface area (Å²) in [6.45, 7) is 4.72. The molecule has 3 aromatic heterocycles. The Labute approximate surface area is 220 Å². The highest BCUT2D eigenvalue weighted by Gasteiger charge is 2.27. The molecule has 0 aromatic carbocycles. The van der Waals surface area contributed by atoms with Gasteiger partial charge in [0.1, 0.15) is 30.9 Å². The standard InChI is InChI=1S/C27H18N4O2S3/c1-31-17-19(16-30)5-3-7-21-9-11-23(35-21)27-25-24(32-12-13-33-25)26(36-27)22-10-8-20(34-22)6-2-4-18(14-28)15-29/h2-11H,1,12-13,17H2/b6-2+,7-3+,19-5+. The number of ether oxygens (including phenoxy) is 2. The van der Waals surface area contributed by atoms with Crippen LogP contribution in [0.15, 0.2) is 64.7 Å². The lowest BCUT2D eigenvalue weighted by Crippen LogP contribution is -2.14. The van der Waals surface area contributed by atoms with Crippen molar-refractivity contribution in [2.75, 3.05) is 19.8 Å². The molecular weight excluding hydrogens is 509 g/mol. The minimum Gasteiger partial charge on any atom is -0.485 e. The largest absolute Gasteiger partial charge is 0.485 e. The van der Waals surface area contributed by atoms with Crippen LogP contribution >= 0.6 is 34.0 Å². The van der Waals surface area contributed by atoms with Crippen molar-refractivity contribution in [3.8, 4) is 49.2 Å². The van der Waals surface area contributed by atoms with E-state index in [2.05, 4.69) is 23.8 Å². The molecule has 0 bridgehead atoms. The van der Waals surface area contributed by atoms with Crippen LogP contribution in [-0.2, 0) is 0 Å². The Balaban J connectivity index is 1.61. The smallest absolute Gasteiger partial charge is 0.181 e. The topological polar surface area (TPSA) is 102 Å². The van der Waals surface area contributed by atoms with Crippen LogP contribution < -0.4 is 9.47 Å². The first kappa shape index (κ1) is 24.9. The van der Waals surface area contributed by atoms with Crippen LogP contribution in [0.4, 0.5) is 0 Å². The maximum Gasteiger partial charge on any atom is 0.181 e. The Bertz CT molecular complexity index is 1510. The maximum atomic E-state index is 9.11. The summed E-state index contributed by atoms with van der Waals surface area (Å²) >= 11 is 4.87. The lowest BCUT2D eigenvalue weighted by molar-refractivity contribution is 0.175. The molecule has 0 amide bonds. The molecule has 0 fully saturated rings. The number of hydrogen-bond donors (Lipinski definition) is 0. The Morgan fingerprint density at radius 1 is 0.833 bits per heavy atom. The lowest BCUT2D eigenvalue weighted by atomic mass is 10.2. The van der Waals surface area contributed by atoms with Crippen molar-refractivity contribution >= 4 is 52.9 Å². The van der Waals surface area contributed by atoms with Gasteiger partial charge in [-0.25, -0.2) is 0 Å². The third-order valence-electron chi connectivity index (χ3n) is 4.85. The fraction of sp³-hybridized carbons (Fsp3) is 0.111. The fourth-order valence-electron chi connectivity index (χ4n) is 3.25. The zero-order valence-corrected chi connectivity index (χ0v) is 21.4. The first-order chi connectivity index (χ1) is 17.7. The number of fused-ring (bicyclic) bond motifs is 1. The quantitative estimate of drug-likeness (QED) is 0.176. The summed E-state index contributed by atoms with van der Waals surface area (Å²) in [5.41, 5.74) is 0.614. The van der Waals surface area contributed by atoms with Crippen LogP contribution in [0.5, 0.6) is 11.5 Å². The molecule has 0 unspecified atom stereocenters. The van der Waals surface area contributed by atoms with Crippen LogP contribution in [0.3, 0.4) is 0 Å². The van der Waals surface area contributed by atoms with Crippen molar-refractivity contribution in [2.24, 2.45) is 4.99 Å². The monoisotopic (exact) mass is 526 g/mol. The molecule has 36 heavy (non-hydrogen) atoms. The number of thiophene rings is 3. The van der Waals surface area contributed by atoms with E-state index in [1.165, 1.54) is 6.08 Å². The second kappa shape index (κ2) is 12.0. The van der Waals surface area contributed by atoms with Gasteiger partial charge in [-0.1, -0.05) is 12.2 Å². The van der Waals surface area contributed by atoms with E-state index in [4.69, 9.17) is 25.3 Å². The van der Waals surface area contributed by atoms with Gasteiger partial charge in [0.15, 0.2) is 11.5 Å². The van der Waals surface area contributed by atoms with E-state index >= 15 is 0 Å². The second-order valence-electron chi connectivity index (χ2n) is 7.23. The average Bonchev–Trinajstić information content (AvgIpc) is 3.64. The third-order valence-corrected chi connectivity index (χ3v) is 8.46. The summed E-state index contributed by atoms with van der Waals surface area (Å²) in [6, 6.07) is 13.9. The Morgan fingerprint density at radius 3 is 1.89 bits per heavy atom. The molecule has 0 atom stereocenters. The number of aliphatic imine (C=N–C) groups is 1. The summed E-state index contributed by atoms with van der Waals surface area (Å²) in [5.74, 6) is 1.53. The SMILES string of the molecule is C=NC/C(C#N)=C/C=C/c1ccc(-c2sc(-c3ccc(/C=C/C=C(C#N)C#N)s3)c3c2OCCO3)s1. The molecule has 4 heterocycles. The van der Waals surface area contributed by atoms with Crippen LogP contribution in [-0.4, -0.2) is 26.5 Å². The van der Waals surface area contributed by atoms with Gasteiger partial charge in [0.05, 0.1) is 27.9 Å². The van der Waals surface area contributed by atoms with Gasteiger partial charge < -0.3 is 9.47 Å². The van der Waals surface area contributed by atoms with Gasteiger partial charge in [-0.2, -0.15) is 15.8 Å². The fourth-order valence-corrected chi connectivity index (χ4v) is 6.49. The van der Waals surface area contributed by atoms with Crippen LogP contribution in [0.2, 0.25) is 0 Å².